The van der Waals surface area contributed by atoms with Crippen LogP contribution in [0, 0.1) is 13.8 Å². The predicted molar refractivity (Wildman–Crippen MR) is 97.7 cm³/mol. The largest absolute Gasteiger partial charge is 0.327 e. The molecule has 4 rings (SSSR count). The van der Waals surface area contributed by atoms with Gasteiger partial charge in [0.15, 0.2) is 5.65 Å². The summed E-state index contributed by atoms with van der Waals surface area (Å²) in [7, 11) is 1.93. The van der Waals surface area contributed by atoms with Gasteiger partial charge in [-0.2, -0.15) is 4.98 Å². The maximum absolute atomic E-state index is 12.4. The van der Waals surface area contributed by atoms with Gasteiger partial charge in [0.1, 0.15) is 5.52 Å². The van der Waals surface area contributed by atoms with Crippen LogP contribution >= 0.6 is 0 Å². The van der Waals surface area contributed by atoms with Crippen LogP contribution in [-0.4, -0.2) is 25.7 Å². The van der Waals surface area contributed by atoms with Crippen molar-refractivity contribution in [2.45, 2.75) is 13.8 Å². The molecule has 1 N–H and O–H groups in total. The molecular formula is C19H17N5O. The minimum Gasteiger partial charge on any atom is -0.327 e. The number of anilines is 1. The van der Waals surface area contributed by atoms with Crippen molar-refractivity contribution in [3.8, 4) is 0 Å². The maximum Gasteiger partial charge on any atom is 0.258 e. The van der Waals surface area contributed by atoms with Crippen molar-refractivity contribution >= 4 is 33.9 Å². The van der Waals surface area contributed by atoms with Gasteiger partial charge in [0, 0.05) is 18.0 Å². The van der Waals surface area contributed by atoms with E-state index in [1.165, 1.54) is 0 Å². The van der Waals surface area contributed by atoms with Crippen LogP contribution in [0.5, 0.6) is 0 Å². The van der Waals surface area contributed by atoms with Gasteiger partial charge in [0.05, 0.1) is 5.52 Å². The molecule has 2 aromatic heterocycles. The number of carbonyl (C=O) groups is 1. The Morgan fingerprint density at radius 2 is 1.88 bits per heavy atom. The number of benzene rings is 2. The molecule has 0 aliphatic heterocycles. The van der Waals surface area contributed by atoms with E-state index in [2.05, 4.69) is 32.6 Å². The molecular weight excluding hydrogens is 314 g/mol. The summed E-state index contributed by atoms with van der Waals surface area (Å²) < 4.78 is 1.96. The highest BCUT2D eigenvalue weighted by Gasteiger charge is 2.15. The highest BCUT2D eigenvalue weighted by atomic mass is 16.1. The van der Waals surface area contributed by atoms with Gasteiger partial charge in [-0.1, -0.05) is 29.8 Å². The van der Waals surface area contributed by atoms with E-state index in [9.17, 15) is 4.79 Å². The fraction of sp³-hybridized carbons (Fsp3) is 0.158. The highest BCUT2D eigenvalue weighted by molar-refractivity contribution is 6.06. The maximum atomic E-state index is 12.4. The molecule has 1 amide bonds. The van der Waals surface area contributed by atoms with Crippen molar-refractivity contribution < 1.29 is 4.79 Å². The second-order valence-electron chi connectivity index (χ2n) is 6.16. The molecule has 4 aromatic rings. The minimum absolute atomic E-state index is 0.198. The third-order valence-electron chi connectivity index (χ3n) is 4.37. The summed E-state index contributed by atoms with van der Waals surface area (Å²) in [5.41, 5.74) is 5.10. The molecule has 0 atom stereocenters. The van der Waals surface area contributed by atoms with E-state index in [1.807, 2.05) is 49.7 Å². The van der Waals surface area contributed by atoms with Crippen molar-refractivity contribution in [1.82, 2.24) is 19.7 Å². The number of aryl methyl sites for hydroxylation is 3. The smallest absolute Gasteiger partial charge is 0.258 e. The number of hydrogen-bond donors (Lipinski definition) is 1. The Balaban J connectivity index is 1.77. The Hall–Kier alpha value is -3.28. The Bertz CT molecular complexity index is 1130. The number of fused-ring (bicyclic) bond motifs is 3. The van der Waals surface area contributed by atoms with Gasteiger partial charge in [-0.3, -0.25) is 10.1 Å². The summed E-state index contributed by atoms with van der Waals surface area (Å²) in [6, 6.07) is 13.6. The summed E-state index contributed by atoms with van der Waals surface area (Å²) in [4.78, 5) is 16.9. The van der Waals surface area contributed by atoms with Gasteiger partial charge < -0.3 is 4.57 Å². The first kappa shape index (κ1) is 15.3. The fourth-order valence-electron chi connectivity index (χ4n) is 3.02. The van der Waals surface area contributed by atoms with Gasteiger partial charge >= 0.3 is 0 Å². The molecule has 0 aliphatic carbocycles. The molecule has 6 heteroatoms. The molecule has 6 nitrogen and oxygen atoms in total. The third kappa shape index (κ3) is 2.52. The van der Waals surface area contributed by atoms with E-state index in [4.69, 9.17) is 0 Å². The molecule has 0 fully saturated rings. The van der Waals surface area contributed by atoms with E-state index in [1.54, 1.807) is 6.07 Å². The number of nitrogens with zero attached hydrogens (tertiary/aromatic N) is 4. The van der Waals surface area contributed by atoms with Crippen molar-refractivity contribution in [1.29, 1.82) is 0 Å². The Morgan fingerprint density at radius 3 is 2.68 bits per heavy atom. The molecule has 0 unspecified atom stereocenters. The molecule has 0 radical (unpaired) electrons. The van der Waals surface area contributed by atoms with Crippen LogP contribution in [0.4, 0.5) is 5.95 Å². The molecule has 25 heavy (non-hydrogen) atoms. The number of amides is 1. The standard InChI is InChI=1S/C19H17N5O/c1-11-8-9-15-14(10-11)16-17(24(15)3)20-19(23-22-16)21-18(25)13-7-5-4-6-12(13)2/h4-10H,1-3H3,(H,20,21,23,25). The lowest BCUT2D eigenvalue weighted by molar-refractivity contribution is 0.102. The van der Waals surface area contributed by atoms with Crippen molar-refractivity contribution in [3.63, 3.8) is 0 Å². The average Bonchev–Trinajstić information content (AvgIpc) is 2.87. The van der Waals surface area contributed by atoms with Gasteiger partial charge in [0.25, 0.3) is 11.9 Å². The summed E-state index contributed by atoms with van der Waals surface area (Å²) in [5.74, 6) is -0.0442. The molecule has 0 aliphatic rings. The lowest BCUT2D eigenvalue weighted by atomic mass is 10.1. The van der Waals surface area contributed by atoms with E-state index in [0.29, 0.717) is 11.2 Å². The van der Waals surface area contributed by atoms with Crippen LogP contribution in [0.3, 0.4) is 0 Å². The van der Waals surface area contributed by atoms with Crippen LogP contribution in [0.1, 0.15) is 21.5 Å². The first-order chi connectivity index (χ1) is 12.0. The summed E-state index contributed by atoms with van der Waals surface area (Å²) in [6.07, 6.45) is 0. The van der Waals surface area contributed by atoms with Gasteiger partial charge in [-0.05, 0) is 37.6 Å². The molecule has 2 aromatic carbocycles. The van der Waals surface area contributed by atoms with E-state index in [-0.39, 0.29) is 11.9 Å². The third-order valence-corrected chi connectivity index (χ3v) is 4.37. The molecule has 0 bridgehead atoms. The second kappa shape index (κ2) is 5.66. The quantitative estimate of drug-likeness (QED) is 0.611. The van der Waals surface area contributed by atoms with Crippen LogP contribution in [0.2, 0.25) is 0 Å². The number of hydrogen-bond acceptors (Lipinski definition) is 4. The van der Waals surface area contributed by atoms with Crippen molar-refractivity contribution in [3.05, 3.63) is 59.2 Å². The lowest BCUT2D eigenvalue weighted by Gasteiger charge is -2.06. The number of aromatic nitrogens is 4. The zero-order valence-electron chi connectivity index (χ0n) is 14.2. The highest BCUT2D eigenvalue weighted by Crippen LogP contribution is 2.26. The number of rotatable bonds is 2. The molecule has 124 valence electrons. The molecule has 0 saturated carbocycles. The van der Waals surface area contributed by atoms with Gasteiger partial charge in [0.2, 0.25) is 0 Å². The van der Waals surface area contributed by atoms with Crippen LogP contribution in [-0.2, 0) is 7.05 Å². The number of carbonyl (C=O) groups excluding carboxylic acids is 1. The zero-order valence-corrected chi connectivity index (χ0v) is 14.2. The summed E-state index contributed by atoms with van der Waals surface area (Å²) in [5, 5.41) is 12.1. The van der Waals surface area contributed by atoms with Crippen molar-refractivity contribution in [2.24, 2.45) is 7.05 Å². The topological polar surface area (TPSA) is 72.7 Å². The number of nitrogens with one attached hydrogen (secondary N) is 1. The molecule has 0 spiro atoms. The second-order valence-corrected chi connectivity index (χ2v) is 6.16. The van der Waals surface area contributed by atoms with Crippen LogP contribution in [0.15, 0.2) is 42.5 Å². The fourth-order valence-corrected chi connectivity index (χ4v) is 3.02. The van der Waals surface area contributed by atoms with E-state index >= 15 is 0 Å². The Kier molecular flexibility index (Phi) is 3.46. The van der Waals surface area contributed by atoms with Crippen molar-refractivity contribution in [2.75, 3.05) is 5.32 Å². The zero-order chi connectivity index (χ0) is 17.6. The van der Waals surface area contributed by atoms with Gasteiger partial charge in [-0.15, -0.1) is 10.2 Å². The van der Waals surface area contributed by atoms with Crippen LogP contribution < -0.4 is 5.32 Å². The summed E-state index contributed by atoms with van der Waals surface area (Å²) in [6.45, 7) is 3.93. The van der Waals surface area contributed by atoms with E-state index in [0.717, 1.165) is 27.5 Å². The van der Waals surface area contributed by atoms with Gasteiger partial charge in [-0.25, -0.2) is 0 Å². The van der Waals surface area contributed by atoms with E-state index < -0.39 is 0 Å². The average molecular weight is 331 g/mol. The Morgan fingerprint density at radius 1 is 1.08 bits per heavy atom. The van der Waals surface area contributed by atoms with Crippen LogP contribution in [0.25, 0.3) is 22.1 Å². The molecule has 2 heterocycles. The summed E-state index contributed by atoms with van der Waals surface area (Å²) >= 11 is 0. The predicted octanol–water partition coefficient (Wildman–Crippen LogP) is 3.39. The lowest BCUT2D eigenvalue weighted by Crippen LogP contribution is -2.16. The monoisotopic (exact) mass is 331 g/mol. The SMILES string of the molecule is Cc1ccc2c(c1)c1nnc(NC(=O)c3ccccc3C)nc1n2C. The Labute approximate surface area is 144 Å². The minimum atomic E-state index is -0.242. The first-order valence-electron chi connectivity index (χ1n) is 8.01. The molecule has 0 saturated heterocycles. The normalized spacial score (nSPS) is 11.2. The first-order valence-corrected chi connectivity index (χ1v) is 8.01.